The van der Waals surface area contributed by atoms with Crippen LogP contribution in [-0.4, -0.2) is 0 Å². The van der Waals surface area contributed by atoms with Crippen LogP contribution in [0.5, 0.6) is 0 Å². The summed E-state index contributed by atoms with van der Waals surface area (Å²) in [7, 11) is 0. The number of aryl methyl sites for hydroxylation is 3. The van der Waals surface area contributed by atoms with Crippen LogP contribution in [0.1, 0.15) is 34.7 Å². The van der Waals surface area contributed by atoms with Crippen molar-refractivity contribution >= 4 is 17.3 Å². The SMILES string of the molecule is Cc1ccc2c(c1)C(Nc1ccc(Cl)cc1C)CC2. The van der Waals surface area contributed by atoms with Crippen LogP contribution in [0.25, 0.3) is 0 Å². The van der Waals surface area contributed by atoms with Crippen molar-refractivity contribution in [2.45, 2.75) is 32.7 Å². The number of benzene rings is 2. The van der Waals surface area contributed by atoms with E-state index in [0.29, 0.717) is 6.04 Å². The Morgan fingerprint density at radius 2 is 1.95 bits per heavy atom. The normalized spacial score (nSPS) is 17.3. The van der Waals surface area contributed by atoms with Gasteiger partial charge in [0, 0.05) is 10.7 Å². The molecule has 0 aliphatic heterocycles. The van der Waals surface area contributed by atoms with Gasteiger partial charge in [-0.3, -0.25) is 0 Å². The molecule has 1 aliphatic rings. The van der Waals surface area contributed by atoms with Crippen LogP contribution in [0.4, 0.5) is 5.69 Å². The fourth-order valence-corrected chi connectivity index (χ4v) is 3.08. The number of fused-ring (bicyclic) bond motifs is 1. The fourth-order valence-electron chi connectivity index (χ4n) is 2.85. The lowest BCUT2D eigenvalue weighted by atomic mass is 10.0. The average molecular weight is 272 g/mol. The zero-order valence-corrected chi connectivity index (χ0v) is 12.1. The Labute approximate surface area is 119 Å². The second-order valence-electron chi connectivity index (χ2n) is 5.40. The van der Waals surface area contributed by atoms with Crippen molar-refractivity contribution in [1.82, 2.24) is 0 Å². The number of rotatable bonds is 2. The van der Waals surface area contributed by atoms with E-state index in [1.54, 1.807) is 0 Å². The highest BCUT2D eigenvalue weighted by Crippen LogP contribution is 2.35. The Balaban J connectivity index is 1.88. The molecule has 2 aromatic rings. The maximum Gasteiger partial charge on any atom is 0.0519 e. The first-order chi connectivity index (χ1) is 9.13. The smallest absolute Gasteiger partial charge is 0.0519 e. The third-order valence-electron chi connectivity index (χ3n) is 3.90. The van der Waals surface area contributed by atoms with Crippen molar-refractivity contribution in [2.75, 3.05) is 5.32 Å². The van der Waals surface area contributed by atoms with Gasteiger partial charge in [-0.15, -0.1) is 0 Å². The van der Waals surface area contributed by atoms with E-state index >= 15 is 0 Å². The first-order valence-corrected chi connectivity index (χ1v) is 7.13. The van der Waals surface area contributed by atoms with Gasteiger partial charge in [0.15, 0.2) is 0 Å². The summed E-state index contributed by atoms with van der Waals surface area (Å²) in [4.78, 5) is 0. The van der Waals surface area contributed by atoms with Gasteiger partial charge in [-0.05, 0) is 61.6 Å². The van der Waals surface area contributed by atoms with E-state index in [-0.39, 0.29) is 0 Å². The zero-order valence-electron chi connectivity index (χ0n) is 11.3. The number of hydrogen-bond donors (Lipinski definition) is 1. The van der Waals surface area contributed by atoms with E-state index in [2.05, 4.69) is 43.4 Å². The second-order valence-corrected chi connectivity index (χ2v) is 5.83. The second kappa shape index (κ2) is 4.90. The van der Waals surface area contributed by atoms with E-state index in [1.165, 1.54) is 40.8 Å². The topological polar surface area (TPSA) is 12.0 Å². The Kier molecular flexibility index (Phi) is 3.24. The monoisotopic (exact) mass is 271 g/mol. The van der Waals surface area contributed by atoms with Crippen molar-refractivity contribution in [3.63, 3.8) is 0 Å². The van der Waals surface area contributed by atoms with Crippen LogP contribution in [-0.2, 0) is 6.42 Å². The molecule has 1 nitrogen and oxygen atoms in total. The largest absolute Gasteiger partial charge is 0.378 e. The number of halogens is 1. The average Bonchev–Trinajstić information content (AvgIpc) is 2.75. The molecule has 2 heteroatoms. The van der Waals surface area contributed by atoms with Crippen molar-refractivity contribution in [2.24, 2.45) is 0 Å². The molecule has 1 N–H and O–H groups in total. The highest BCUT2D eigenvalue weighted by atomic mass is 35.5. The molecule has 0 fully saturated rings. The van der Waals surface area contributed by atoms with Gasteiger partial charge in [0.25, 0.3) is 0 Å². The third kappa shape index (κ3) is 2.48. The molecule has 0 aromatic heterocycles. The molecule has 0 spiro atoms. The number of anilines is 1. The van der Waals surface area contributed by atoms with Crippen molar-refractivity contribution in [3.05, 3.63) is 63.7 Å². The van der Waals surface area contributed by atoms with Crippen LogP contribution in [0.2, 0.25) is 5.02 Å². The van der Waals surface area contributed by atoms with Crippen LogP contribution < -0.4 is 5.32 Å². The maximum absolute atomic E-state index is 6.01. The zero-order chi connectivity index (χ0) is 13.4. The molecule has 0 heterocycles. The van der Waals surface area contributed by atoms with Gasteiger partial charge < -0.3 is 5.32 Å². The van der Waals surface area contributed by atoms with Crippen LogP contribution in [0.15, 0.2) is 36.4 Å². The minimum Gasteiger partial charge on any atom is -0.378 e. The maximum atomic E-state index is 6.01. The third-order valence-corrected chi connectivity index (χ3v) is 4.13. The minimum absolute atomic E-state index is 0.426. The van der Waals surface area contributed by atoms with E-state index in [1.807, 2.05) is 12.1 Å². The molecule has 3 rings (SSSR count). The van der Waals surface area contributed by atoms with Gasteiger partial charge >= 0.3 is 0 Å². The lowest BCUT2D eigenvalue weighted by molar-refractivity contribution is 0.761. The molecule has 2 aromatic carbocycles. The van der Waals surface area contributed by atoms with Gasteiger partial charge in [0.1, 0.15) is 0 Å². The van der Waals surface area contributed by atoms with Crippen LogP contribution in [0, 0.1) is 13.8 Å². The van der Waals surface area contributed by atoms with Gasteiger partial charge in [-0.25, -0.2) is 0 Å². The summed E-state index contributed by atoms with van der Waals surface area (Å²) in [6, 6.07) is 13.2. The molecule has 0 bridgehead atoms. The summed E-state index contributed by atoms with van der Waals surface area (Å²) < 4.78 is 0. The first kappa shape index (κ1) is 12.6. The van der Waals surface area contributed by atoms with Gasteiger partial charge in [0.2, 0.25) is 0 Å². The summed E-state index contributed by atoms with van der Waals surface area (Å²) in [5.74, 6) is 0. The van der Waals surface area contributed by atoms with E-state index in [4.69, 9.17) is 11.6 Å². The fraction of sp³-hybridized carbons (Fsp3) is 0.294. The lowest BCUT2D eigenvalue weighted by Crippen LogP contribution is -2.08. The molecule has 1 atom stereocenters. The van der Waals surface area contributed by atoms with E-state index in [9.17, 15) is 0 Å². The molecule has 98 valence electrons. The quantitative estimate of drug-likeness (QED) is 0.805. The summed E-state index contributed by atoms with van der Waals surface area (Å²) in [6.45, 7) is 4.25. The van der Waals surface area contributed by atoms with Crippen LogP contribution >= 0.6 is 11.6 Å². The van der Waals surface area contributed by atoms with Crippen molar-refractivity contribution < 1.29 is 0 Å². The Morgan fingerprint density at radius 3 is 2.74 bits per heavy atom. The van der Waals surface area contributed by atoms with E-state index in [0.717, 1.165) is 5.02 Å². The van der Waals surface area contributed by atoms with E-state index < -0.39 is 0 Å². The molecular weight excluding hydrogens is 254 g/mol. The summed E-state index contributed by atoms with van der Waals surface area (Å²) >= 11 is 6.01. The minimum atomic E-state index is 0.426. The number of hydrogen-bond acceptors (Lipinski definition) is 1. The van der Waals surface area contributed by atoms with Gasteiger partial charge in [-0.2, -0.15) is 0 Å². The highest BCUT2D eigenvalue weighted by Gasteiger charge is 2.22. The molecule has 0 saturated carbocycles. The summed E-state index contributed by atoms with van der Waals surface area (Å²) in [5, 5.41) is 4.46. The predicted molar refractivity (Wildman–Crippen MR) is 82.1 cm³/mol. The molecular formula is C17H18ClN. The molecule has 19 heavy (non-hydrogen) atoms. The van der Waals surface area contributed by atoms with Gasteiger partial charge in [-0.1, -0.05) is 35.4 Å². The van der Waals surface area contributed by atoms with Crippen LogP contribution in [0.3, 0.4) is 0 Å². The lowest BCUT2D eigenvalue weighted by Gasteiger charge is -2.18. The van der Waals surface area contributed by atoms with Crippen molar-refractivity contribution in [3.8, 4) is 0 Å². The molecule has 1 aliphatic carbocycles. The molecule has 0 amide bonds. The highest BCUT2D eigenvalue weighted by molar-refractivity contribution is 6.30. The summed E-state index contributed by atoms with van der Waals surface area (Å²) in [6.07, 6.45) is 2.33. The first-order valence-electron chi connectivity index (χ1n) is 6.75. The predicted octanol–water partition coefficient (Wildman–Crippen LogP) is 5.06. The van der Waals surface area contributed by atoms with Crippen molar-refractivity contribution in [1.29, 1.82) is 0 Å². The molecule has 1 unspecified atom stereocenters. The number of nitrogens with one attached hydrogen (secondary N) is 1. The Bertz CT molecular complexity index is 619. The standard InChI is InChI=1S/C17H18ClN/c1-11-3-4-13-5-7-17(15(13)9-11)19-16-8-6-14(18)10-12(16)2/h3-4,6,8-10,17,19H,5,7H2,1-2H3. The summed E-state index contributed by atoms with van der Waals surface area (Å²) in [5.41, 5.74) is 6.65. The Hall–Kier alpha value is -1.47. The molecule has 0 radical (unpaired) electrons. The molecule has 0 saturated heterocycles. The van der Waals surface area contributed by atoms with Gasteiger partial charge in [0.05, 0.1) is 6.04 Å². The Morgan fingerprint density at radius 1 is 1.11 bits per heavy atom.